The average molecular weight is 519 g/mol. The van der Waals surface area contributed by atoms with Crippen LogP contribution in [-0.4, -0.2) is 38.3 Å². The molecule has 1 aliphatic heterocycles. The quantitative estimate of drug-likeness (QED) is 0.582. The molecule has 0 aliphatic carbocycles. The molecule has 2 aromatic rings. The molecule has 1 heterocycles. The maximum Gasteiger partial charge on any atom is 0.306 e. The Morgan fingerprint density at radius 3 is 2.16 bits per heavy atom. The molecule has 14 heteroatoms. The van der Waals surface area contributed by atoms with Gasteiger partial charge >= 0.3 is 10.1 Å². The fraction of sp³-hybridized carbons (Fsp3) is 0.222. The van der Waals surface area contributed by atoms with Crippen molar-refractivity contribution >= 4 is 60.6 Å². The molecule has 3 rings (SSSR count). The molecule has 170 valence electrons. The number of nitrogens with two attached hydrogens (primary N) is 1. The first-order valence-corrected chi connectivity index (χ1v) is 12.5. The van der Waals surface area contributed by atoms with Crippen LogP contribution < -0.4 is 14.9 Å². The Balaban J connectivity index is 2.29. The average Bonchev–Trinajstić information content (AvgIpc) is 2.88. The molecular weight excluding hydrogens is 503 g/mol. The summed E-state index contributed by atoms with van der Waals surface area (Å²) in [5.41, 5.74) is -3.52. The second-order valence-corrected chi connectivity index (χ2v) is 11.2. The van der Waals surface area contributed by atoms with Gasteiger partial charge in [0.2, 0.25) is 15.5 Å². The number of carbonyl (C=O) groups is 1. The van der Waals surface area contributed by atoms with E-state index in [1.54, 1.807) is 0 Å². The van der Waals surface area contributed by atoms with Crippen molar-refractivity contribution in [2.75, 3.05) is 9.80 Å². The molecule has 1 unspecified atom stereocenters. The van der Waals surface area contributed by atoms with E-state index in [0.29, 0.717) is 0 Å². The molecule has 0 spiro atoms. The molecular formula is C18H16Cl2N4O6S2. The van der Waals surface area contributed by atoms with E-state index in [1.165, 1.54) is 44.2 Å². The van der Waals surface area contributed by atoms with Crippen molar-refractivity contribution in [2.45, 2.75) is 29.8 Å². The summed E-state index contributed by atoms with van der Waals surface area (Å²) in [6.45, 7) is 2.79. The van der Waals surface area contributed by atoms with Crippen molar-refractivity contribution in [1.82, 2.24) is 0 Å². The van der Waals surface area contributed by atoms with Gasteiger partial charge in [0.05, 0.1) is 15.6 Å². The third-order valence-corrected chi connectivity index (χ3v) is 7.56. The van der Waals surface area contributed by atoms with Crippen molar-refractivity contribution in [2.24, 2.45) is 5.14 Å². The van der Waals surface area contributed by atoms with E-state index < -0.39 is 42.0 Å². The third-order valence-electron chi connectivity index (χ3n) is 4.90. The summed E-state index contributed by atoms with van der Waals surface area (Å²) in [6, 6.07) is 9.15. The van der Waals surface area contributed by atoms with Crippen LogP contribution in [0.15, 0.2) is 41.3 Å². The van der Waals surface area contributed by atoms with Crippen LogP contribution in [0.5, 0.6) is 0 Å². The maximum absolute atomic E-state index is 13.3. The zero-order valence-corrected chi connectivity index (χ0v) is 19.7. The first-order chi connectivity index (χ1) is 14.6. The standard InChI is InChI=1S/C18H16Cl2N4O6S2/c1-18(2)16(25)23(11-4-3-10(9-21)14(20)7-11)17(32(28,29)30)24(18)12-5-6-13(19)15(8-12)31(22,26)27/h3-8,17H,1-2H3,(H2,22,26,27)(H,28,29,30). The molecule has 3 N–H and O–H groups in total. The predicted octanol–water partition coefficient (Wildman–Crippen LogP) is 2.32. The Morgan fingerprint density at radius 2 is 1.66 bits per heavy atom. The summed E-state index contributed by atoms with van der Waals surface area (Å²) in [7, 11) is -9.26. The van der Waals surface area contributed by atoms with E-state index in [-0.39, 0.29) is 27.0 Å². The highest BCUT2D eigenvalue weighted by Gasteiger charge is 2.57. The van der Waals surface area contributed by atoms with Gasteiger partial charge in [0.25, 0.3) is 5.91 Å². The molecule has 1 saturated heterocycles. The van der Waals surface area contributed by atoms with E-state index in [4.69, 9.17) is 33.6 Å². The Kier molecular flexibility index (Phi) is 5.97. The van der Waals surface area contributed by atoms with Crippen LogP contribution in [-0.2, 0) is 24.9 Å². The Morgan fingerprint density at radius 1 is 1.06 bits per heavy atom. The number of nitriles is 1. The van der Waals surface area contributed by atoms with Gasteiger partial charge in [0.15, 0.2) is 0 Å². The molecule has 0 bridgehead atoms. The normalized spacial score (nSPS) is 18.7. The number of hydrogen-bond acceptors (Lipinski definition) is 7. The highest BCUT2D eigenvalue weighted by molar-refractivity contribution is 7.89. The highest BCUT2D eigenvalue weighted by Crippen LogP contribution is 2.42. The number of benzene rings is 2. The smallest absolute Gasteiger partial charge is 0.306 e. The molecule has 1 aliphatic rings. The zero-order chi connectivity index (χ0) is 24.2. The second-order valence-electron chi connectivity index (χ2n) is 7.38. The van der Waals surface area contributed by atoms with Gasteiger partial charge in [-0.25, -0.2) is 13.6 Å². The number of halogens is 2. The van der Waals surface area contributed by atoms with Crippen LogP contribution in [0.3, 0.4) is 0 Å². The van der Waals surface area contributed by atoms with Gasteiger partial charge in [0.1, 0.15) is 16.5 Å². The van der Waals surface area contributed by atoms with Crippen molar-refractivity contribution in [3.05, 3.63) is 52.0 Å². The number of primary sulfonamides is 1. The highest BCUT2D eigenvalue weighted by atomic mass is 35.5. The van der Waals surface area contributed by atoms with Crippen LogP contribution >= 0.6 is 23.2 Å². The van der Waals surface area contributed by atoms with Gasteiger partial charge in [0, 0.05) is 11.4 Å². The van der Waals surface area contributed by atoms with Crippen molar-refractivity contribution < 1.29 is 26.2 Å². The topological polar surface area (TPSA) is 162 Å². The lowest BCUT2D eigenvalue weighted by Crippen LogP contribution is -2.49. The van der Waals surface area contributed by atoms with E-state index in [9.17, 15) is 26.2 Å². The van der Waals surface area contributed by atoms with Crippen molar-refractivity contribution in [3.8, 4) is 6.07 Å². The van der Waals surface area contributed by atoms with E-state index in [1.807, 2.05) is 6.07 Å². The molecule has 0 radical (unpaired) electrons. The first-order valence-electron chi connectivity index (χ1n) is 8.72. The zero-order valence-electron chi connectivity index (χ0n) is 16.5. The van der Waals surface area contributed by atoms with Crippen molar-refractivity contribution in [3.63, 3.8) is 0 Å². The fourth-order valence-corrected chi connectivity index (χ4v) is 5.87. The summed E-state index contributed by atoms with van der Waals surface area (Å²) in [4.78, 5) is 14.7. The molecule has 0 saturated carbocycles. The molecule has 10 nitrogen and oxygen atoms in total. The van der Waals surface area contributed by atoms with E-state index in [0.717, 1.165) is 15.9 Å². The largest absolute Gasteiger partial charge is 0.322 e. The maximum atomic E-state index is 13.3. The van der Waals surface area contributed by atoms with Gasteiger partial charge in [-0.2, -0.15) is 13.7 Å². The lowest BCUT2D eigenvalue weighted by atomic mass is 10.0. The van der Waals surface area contributed by atoms with Crippen LogP contribution in [0, 0.1) is 11.3 Å². The molecule has 1 atom stereocenters. The molecule has 2 aromatic carbocycles. The molecule has 1 fully saturated rings. The van der Waals surface area contributed by atoms with Crippen LogP contribution in [0.25, 0.3) is 0 Å². The number of rotatable bonds is 4. The number of nitrogens with zero attached hydrogens (tertiary/aromatic N) is 3. The minimum Gasteiger partial charge on any atom is -0.322 e. The Bertz CT molecular complexity index is 1390. The van der Waals surface area contributed by atoms with Crippen LogP contribution in [0.1, 0.15) is 19.4 Å². The summed E-state index contributed by atoms with van der Waals surface area (Å²) < 4.78 is 58.8. The Hall–Kier alpha value is -2.40. The number of hydrogen-bond donors (Lipinski definition) is 2. The summed E-state index contributed by atoms with van der Waals surface area (Å²) >= 11 is 12.0. The van der Waals surface area contributed by atoms with Gasteiger partial charge in [-0.1, -0.05) is 23.2 Å². The fourth-order valence-electron chi connectivity index (χ4n) is 3.46. The van der Waals surface area contributed by atoms with Gasteiger partial charge in [-0.15, -0.1) is 0 Å². The van der Waals surface area contributed by atoms with Gasteiger partial charge < -0.3 is 4.90 Å². The lowest BCUT2D eigenvalue weighted by Gasteiger charge is -2.34. The second kappa shape index (κ2) is 7.87. The van der Waals surface area contributed by atoms with Crippen molar-refractivity contribution in [1.29, 1.82) is 5.26 Å². The van der Waals surface area contributed by atoms with Gasteiger partial charge in [-0.3, -0.25) is 14.2 Å². The molecule has 1 amide bonds. The monoisotopic (exact) mass is 518 g/mol. The number of carbonyl (C=O) groups excluding carboxylic acids is 1. The van der Waals surface area contributed by atoms with E-state index in [2.05, 4.69) is 0 Å². The SMILES string of the molecule is CC1(C)C(=O)N(c2ccc(C#N)c(Cl)c2)C(S(=O)(=O)O)N1c1ccc(Cl)c(S(N)(=O)=O)c1. The number of sulfonamides is 1. The third kappa shape index (κ3) is 4.03. The minimum absolute atomic E-state index is 0.00201. The van der Waals surface area contributed by atoms with Gasteiger partial charge in [-0.05, 0) is 50.2 Å². The summed E-state index contributed by atoms with van der Waals surface area (Å²) in [6.07, 6.45) is 0. The predicted molar refractivity (Wildman–Crippen MR) is 118 cm³/mol. The van der Waals surface area contributed by atoms with Crippen LogP contribution in [0.4, 0.5) is 11.4 Å². The van der Waals surface area contributed by atoms with E-state index >= 15 is 0 Å². The summed E-state index contributed by atoms with van der Waals surface area (Å²) in [5, 5.41) is 14.0. The first kappa shape index (κ1) is 24.2. The number of anilines is 2. The molecule has 0 aromatic heterocycles. The van der Waals surface area contributed by atoms with Crippen LogP contribution in [0.2, 0.25) is 10.0 Å². The minimum atomic E-state index is -4.98. The summed E-state index contributed by atoms with van der Waals surface area (Å²) in [5.74, 6) is -0.743. The lowest BCUT2D eigenvalue weighted by molar-refractivity contribution is -0.120. The molecule has 32 heavy (non-hydrogen) atoms. The number of amides is 1. The Labute approximate surface area is 194 Å².